The van der Waals surface area contributed by atoms with Crippen LogP contribution in [0.3, 0.4) is 0 Å². The fraction of sp³-hybridized carbons (Fsp3) is 0.759. The summed E-state index contributed by atoms with van der Waals surface area (Å²) < 4.78 is 12.7. The third kappa shape index (κ3) is 3.18. The van der Waals surface area contributed by atoms with Crippen LogP contribution >= 0.6 is 0 Å². The predicted molar refractivity (Wildman–Crippen MR) is 129 cm³/mol. The standard InChI is InChI=1S/C29H42O4/c1-17-14-20(31)15-19-16-23-28(6)11-8-21-26(3,4)24(32-18(2)30)10-12-27(21,5)22(28)9-13-29(23,7)33-25(17)19/h14-15,21-24,31H,8-13,16H2,1-7H3/t21-,22+,23+,24-,27-,28+,29-/m0/s1. The van der Waals surface area contributed by atoms with Gasteiger partial charge in [0.25, 0.3) is 0 Å². The molecule has 3 aliphatic carbocycles. The number of ether oxygens (including phenoxy) is 2. The van der Waals surface area contributed by atoms with E-state index in [2.05, 4.69) is 34.6 Å². The lowest BCUT2D eigenvalue weighted by molar-refractivity contribution is -0.228. The van der Waals surface area contributed by atoms with Gasteiger partial charge in [0.15, 0.2) is 0 Å². The van der Waals surface area contributed by atoms with Gasteiger partial charge in [0.05, 0.1) is 0 Å². The highest BCUT2D eigenvalue weighted by Crippen LogP contribution is 2.71. The van der Waals surface area contributed by atoms with Crippen LogP contribution in [0.4, 0.5) is 0 Å². The van der Waals surface area contributed by atoms with E-state index in [1.165, 1.54) is 24.8 Å². The molecular weight excluding hydrogens is 412 g/mol. The first-order valence-corrected chi connectivity index (χ1v) is 13.0. The number of fused-ring (bicyclic) bond motifs is 6. The number of hydrogen-bond acceptors (Lipinski definition) is 4. The van der Waals surface area contributed by atoms with Gasteiger partial charge in [-0.25, -0.2) is 0 Å². The quantitative estimate of drug-likeness (QED) is 0.486. The molecule has 7 atom stereocenters. The lowest BCUT2D eigenvalue weighted by Crippen LogP contribution is -2.66. The number of benzene rings is 1. The number of esters is 1. The topological polar surface area (TPSA) is 55.8 Å². The van der Waals surface area contributed by atoms with Crippen molar-refractivity contribution in [1.82, 2.24) is 0 Å². The summed E-state index contributed by atoms with van der Waals surface area (Å²) in [5.74, 6) is 2.80. The van der Waals surface area contributed by atoms with E-state index in [-0.39, 0.29) is 33.9 Å². The zero-order chi connectivity index (χ0) is 24.0. The zero-order valence-corrected chi connectivity index (χ0v) is 21.6. The summed E-state index contributed by atoms with van der Waals surface area (Å²) in [6.07, 6.45) is 7.71. The molecule has 1 heterocycles. The van der Waals surface area contributed by atoms with Crippen LogP contribution in [0.2, 0.25) is 0 Å². The maximum Gasteiger partial charge on any atom is 0.302 e. The molecule has 4 aliphatic rings. The normalized spacial score (nSPS) is 43.2. The Hall–Kier alpha value is -1.71. The number of carbonyl (C=O) groups excluding carboxylic acids is 1. The first-order chi connectivity index (χ1) is 15.3. The van der Waals surface area contributed by atoms with Crippen LogP contribution in [-0.2, 0) is 16.0 Å². The van der Waals surface area contributed by atoms with Crippen LogP contribution < -0.4 is 4.74 Å². The Bertz CT molecular complexity index is 982. The molecule has 3 fully saturated rings. The molecule has 0 bridgehead atoms. The number of aryl methyl sites for hydroxylation is 1. The van der Waals surface area contributed by atoms with Crippen molar-refractivity contribution >= 4 is 5.97 Å². The van der Waals surface area contributed by atoms with Gasteiger partial charge >= 0.3 is 5.97 Å². The van der Waals surface area contributed by atoms with E-state index in [1.807, 2.05) is 19.1 Å². The van der Waals surface area contributed by atoms with Crippen LogP contribution in [0.15, 0.2) is 12.1 Å². The van der Waals surface area contributed by atoms with Gasteiger partial charge in [0.1, 0.15) is 23.2 Å². The summed E-state index contributed by atoms with van der Waals surface area (Å²) >= 11 is 0. The van der Waals surface area contributed by atoms with Gasteiger partial charge in [-0.2, -0.15) is 0 Å². The van der Waals surface area contributed by atoms with E-state index in [1.54, 1.807) is 6.92 Å². The molecule has 33 heavy (non-hydrogen) atoms. The molecule has 0 spiro atoms. The average molecular weight is 455 g/mol. The third-order valence-electron chi connectivity index (χ3n) is 10.9. The number of hydrogen-bond donors (Lipinski definition) is 1. The fourth-order valence-corrected chi connectivity index (χ4v) is 9.50. The van der Waals surface area contributed by atoms with Gasteiger partial charge in [-0.3, -0.25) is 4.79 Å². The average Bonchev–Trinajstić information content (AvgIpc) is 2.69. The minimum Gasteiger partial charge on any atom is -0.508 e. The van der Waals surface area contributed by atoms with E-state index in [4.69, 9.17) is 9.47 Å². The zero-order valence-electron chi connectivity index (χ0n) is 21.6. The van der Waals surface area contributed by atoms with Crippen LogP contribution in [0.25, 0.3) is 0 Å². The Kier molecular flexibility index (Phi) is 4.99. The van der Waals surface area contributed by atoms with Crippen molar-refractivity contribution in [1.29, 1.82) is 0 Å². The van der Waals surface area contributed by atoms with Gasteiger partial charge in [0.2, 0.25) is 0 Å². The number of aromatic hydroxyl groups is 1. The molecule has 0 radical (unpaired) electrons. The SMILES string of the molecule is CC(=O)O[C@H]1CC[C@]2(C)[C@H]3CC[C@]4(C)Oc5c(C)cc(O)cc5C[C@@H]4[C@]3(C)CC[C@H]2C1(C)C. The summed E-state index contributed by atoms with van der Waals surface area (Å²) in [5.41, 5.74) is 2.47. The second-order valence-corrected chi connectivity index (χ2v) is 13.1. The number of phenols is 1. The number of rotatable bonds is 1. The number of phenolic OH excluding ortho intramolecular Hbond substituents is 1. The molecule has 182 valence electrons. The molecule has 0 amide bonds. The van der Waals surface area contributed by atoms with E-state index < -0.39 is 0 Å². The minimum absolute atomic E-state index is 0.0146. The molecule has 3 saturated carbocycles. The summed E-state index contributed by atoms with van der Waals surface area (Å²) in [7, 11) is 0. The second kappa shape index (κ2) is 7.15. The Balaban J connectivity index is 1.51. The van der Waals surface area contributed by atoms with Gasteiger partial charge in [-0.1, -0.05) is 27.7 Å². The molecule has 1 aromatic carbocycles. The molecule has 1 aliphatic heterocycles. The number of carbonyl (C=O) groups is 1. The van der Waals surface area contributed by atoms with Gasteiger partial charge < -0.3 is 14.6 Å². The van der Waals surface area contributed by atoms with Crippen LogP contribution in [0.1, 0.15) is 91.2 Å². The lowest BCUT2D eigenvalue weighted by atomic mass is 9.37. The molecular formula is C29H42O4. The van der Waals surface area contributed by atoms with Crippen molar-refractivity contribution in [2.75, 3.05) is 0 Å². The van der Waals surface area contributed by atoms with E-state index >= 15 is 0 Å². The van der Waals surface area contributed by atoms with Crippen molar-refractivity contribution in [3.8, 4) is 11.5 Å². The summed E-state index contributed by atoms with van der Waals surface area (Å²) in [6.45, 7) is 15.7. The Morgan fingerprint density at radius 3 is 2.30 bits per heavy atom. The van der Waals surface area contributed by atoms with Gasteiger partial charge in [-0.05, 0) is 105 Å². The highest BCUT2D eigenvalue weighted by molar-refractivity contribution is 5.66. The first-order valence-electron chi connectivity index (χ1n) is 13.0. The fourth-order valence-electron chi connectivity index (χ4n) is 9.50. The molecule has 1 aromatic rings. The largest absolute Gasteiger partial charge is 0.508 e. The molecule has 4 nitrogen and oxygen atoms in total. The highest BCUT2D eigenvalue weighted by Gasteiger charge is 2.67. The maximum absolute atomic E-state index is 11.8. The van der Waals surface area contributed by atoms with Crippen LogP contribution in [0.5, 0.6) is 11.5 Å². The molecule has 0 aromatic heterocycles. The highest BCUT2D eigenvalue weighted by atomic mass is 16.5. The molecule has 0 unspecified atom stereocenters. The Morgan fingerprint density at radius 1 is 0.970 bits per heavy atom. The van der Waals surface area contributed by atoms with E-state index in [0.717, 1.165) is 37.0 Å². The van der Waals surface area contributed by atoms with Gasteiger partial charge in [-0.15, -0.1) is 0 Å². The predicted octanol–water partition coefficient (Wildman–Crippen LogP) is 6.59. The smallest absolute Gasteiger partial charge is 0.302 e. The van der Waals surface area contributed by atoms with Gasteiger partial charge in [0, 0.05) is 18.3 Å². The maximum atomic E-state index is 11.8. The molecule has 0 saturated heterocycles. The summed E-state index contributed by atoms with van der Waals surface area (Å²) in [5, 5.41) is 10.3. The second-order valence-electron chi connectivity index (χ2n) is 13.1. The van der Waals surface area contributed by atoms with Crippen molar-refractivity contribution < 1.29 is 19.4 Å². The van der Waals surface area contributed by atoms with Crippen molar-refractivity contribution in [3.05, 3.63) is 23.3 Å². The van der Waals surface area contributed by atoms with Crippen LogP contribution in [0, 0.1) is 40.9 Å². The third-order valence-corrected chi connectivity index (χ3v) is 10.9. The Morgan fingerprint density at radius 2 is 1.61 bits per heavy atom. The monoisotopic (exact) mass is 454 g/mol. The van der Waals surface area contributed by atoms with E-state index in [0.29, 0.717) is 23.5 Å². The summed E-state index contributed by atoms with van der Waals surface area (Å²) in [4.78, 5) is 11.8. The van der Waals surface area contributed by atoms with E-state index in [9.17, 15) is 9.90 Å². The Labute approximate surface area is 199 Å². The summed E-state index contributed by atoms with van der Waals surface area (Å²) in [6, 6.07) is 3.75. The minimum atomic E-state index is -0.159. The molecule has 5 rings (SSSR count). The van der Waals surface area contributed by atoms with Crippen LogP contribution in [-0.4, -0.2) is 22.8 Å². The van der Waals surface area contributed by atoms with Crippen molar-refractivity contribution in [2.45, 2.75) is 105 Å². The molecule has 1 N–H and O–H groups in total. The molecule has 4 heteroatoms. The first kappa shape index (κ1) is 23.1. The van der Waals surface area contributed by atoms with Crippen molar-refractivity contribution in [3.63, 3.8) is 0 Å². The lowest BCUT2D eigenvalue weighted by Gasteiger charge is -2.69. The van der Waals surface area contributed by atoms with Crippen molar-refractivity contribution in [2.24, 2.45) is 34.0 Å².